The van der Waals surface area contributed by atoms with Gasteiger partial charge in [0.2, 0.25) is 0 Å². The van der Waals surface area contributed by atoms with Crippen LogP contribution in [0.3, 0.4) is 0 Å². The van der Waals surface area contributed by atoms with Crippen LogP contribution in [0.4, 0.5) is 13.2 Å². The molecule has 0 saturated carbocycles. The summed E-state index contributed by atoms with van der Waals surface area (Å²) in [6, 6.07) is 7.55. The van der Waals surface area contributed by atoms with E-state index in [-0.39, 0.29) is 6.54 Å². The minimum absolute atomic E-state index is 0.0995. The number of halogens is 3. The highest BCUT2D eigenvalue weighted by atomic mass is 32.1. The Bertz CT molecular complexity index is 503. The molecule has 0 unspecified atom stereocenters. The van der Waals surface area contributed by atoms with Crippen molar-refractivity contribution in [3.05, 3.63) is 46.8 Å². The molecule has 1 aromatic heterocycles. The van der Waals surface area contributed by atoms with Gasteiger partial charge in [-0.05, 0) is 40.8 Å². The van der Waals surface area contributed by atoms with Gasteiger partial charge in [0.25, 0.3) is 0 Å². The molecule has 0 aliphatic rings. The summed E-state index contributed by atoms with van der Waals surface area (Å²) < 4.78 is 38.1. The predicted octanol–water partition coefficient (Wildman–Crippen LogP) is 3.89. The maximum absolute atomic E-state index is 12.7. The first-order valence-electron chi connectivity index (χ1n) is 4.96. The summed E-state index contributed by atoms with van der Waals surface area (Å²) in [5.74, 6) is 0. The Balaban J connectivity index is 2.54. The maximum Gasteiger partial charge on any atom is 0.416 e. The van der Waals surface area contributed by atoms with Gasteiger partial charge in [-0.15, -0.1) is 11.3 Å². The summed E-state index contributed by atoms with van der Waals surface area (Å²) in [5, 5.41) is 1.83. The van der Waals surface area contributed by atoms with Crippen LogP contribution in [0.5, 0.6) is 0 Å². The zero-order valence-corrected chi connectivity index (χ0v) is 9.61. The van der Waals surface area contributed by atoms with Gasteiger partial charge in [0.15, 0.2) is 0 Å². The van der Waals surface area contributed by atoms with Crippen molar-refractivity contribution in [3.63, 3.8) is 0 Å². The van der Waals surface area contributed by atoms with Crippen molar-refractivity contribution in [2.45, 2.75) is 12.7 Å². The first-order chi connectivity index (χ1) is 8.00. The molecule has 2 N–H and O–H groups in total. The van der Waals surface area contributed by atoms with Crippen molar-refractivity contribution < 1.29 is 13.2 Å². The minimum atomic E-state index is -4.34. The summed E-state index contributed by atoms with van der Waals surface area (Å²) in [7, 11) is 0. The molecule has 1 heterocycles. The number of thiophene rings is 1. The topological polar surface area (TPSA) is 26.0 Å². The molecule has 0 atom stereocenters. The van der Waals surface area contributed by atoms with E-state index >= 15 is 0 Å². The van der Waals surface area contributed by atoms with E-state index in [9.17, 15) is 13.2 Å². The minimum Gasteiger partial charge on any atom is -0.326 e. The van der Waals surface area contributed by atoms with E-state index in [4.69, 9.17) is 5.73 Å². The van der Waals surface area contributed by atoms with Gasteiger partial charge >= 0.3 is 6.18 Å². The third-order valence-electron chi connectivity index (χ3n) is 2.36. The summed E-state index contributed by atoms with van der Waals surface area (Å²) in [5.41, 5.74) is 5.83. The lowest BCUT2D eigenvalue weighted by molar-refractivity contribution is -0.137. The molecule has 0 bridgehead atoms. The summed E-state index contributed by atoms with van der Waals surface area (Å²) >= 11 is 1.41. The number of hydrogen-bond acceptors (Lipinski definition) is 2. The highest BCUT2D eigenvalue weighted by molar-refractivity contribution is 7.13. The van der Waals surface area contributed by atoms with E-state index in [1.165, 1.54) is 11.3 Å². The molecule has 5 heteroatoms. The molecule has 0 saturated heterocycles. The van der Waals surface area contributed by atoms with Crippen molar-refractivity contribution >= 4 is 11.3 Å². The van der Waals surface area contributed by atoms with Gasteiger partial charge in [-0.25, -0.2) is 0 Å². The molecule has 0 radical (unpaired) electrons. The highest BCUT2D eigenvalue weighted by Crippen LogP contribution is 2.34. The number of hydrogen-bond donors (Lipinski definition) is 1. The molecule has 90 valence electrons. The molecular weight excluding hydrogens is 247 g/mol. The molecule has 0 aliphatic heterocycles. The number of benzene rings is 1. The van der Waals surface area contributed by atoms with Crippen molar-refractivity contribution in [2.75, 3.05) is 0 Å². The van der Waals surface area contributed by atoms with Crippen molar-refractivity contribution in [2.24, 2.45) is 5.73 Å². The summed E-state index contributed by atoms with van der Waals surface area (Å²) in [4.78, 5) is 0.811. The van der Waals surface area contributed by atoms with Crippen LogP contribution in [0.25, 0.3) is 10.4 Å². The lowest BCUT2D eigenvalue weighted by Crippen LogP contribution is -2.07. The van der Waals surface area contributed by atoms with Crippen LogP contribution in [0.15, 0.2) is 35.7 Å². The fourth-order valence-corrected chi connectivity index (χ4v) is 2.27. The molecule has 2 aromatic rings. The maximum atomic E-state index is 12.7. The third kappa shape index (κ3) is 2.68. The monoisotopic (exact) mass is 257 g/mol. The fraction of sp³-hybridized carbons (Fsp3) is 0.167. The molecule has 2 rings (SSSR count). The Labute approximate surface area is 101 Å². The molecular formula is C12H10F3NS. The van der Waals surface area contributed by atoms with E-state index in [1.54, 1.807) is 12.1 Å². The summed E-state index contributed by atoms with van der Waals surface area (Å²) in [6.07, 6.45) is -4.34. The number of alkyl halides is 3. The van der Waals surface area contributed by atoms with Crippen molar-refractivity contribution in [1.82, 2.24) is 0 Å². The fourth-order valence-electron chi connectivity index (χ4n) is 1.56. The molecule has 0 fully saturated rings. The standard InChI is InChI=1S/C12H10F3NS/c13-12(14,15)10-5-8(7-16)4-9(6-10)11-2-1-3-17-11/h1-6H,7,16H2. The number of rotatable bonds is 2. The third-order valence-corrected chi connectivity index (χ3v) is 3.28. The molecule has 0 spiro atoms. The summed E-state index contributed by atoms with van der Waals surface area (Å²) in [6.45, 7) is 0.0995. The largest absolute Gasteiger partial charge is 0.416 e. The molecule has 0 aliphatic carbocycles. The Morgan fingerprint density at radius 3 is 2.47 bits per heavy atom. The van der Waals surface area contributed by atoms with Gasteiger partial charge in [-0.2, -0.15) is 13.2 Å². The van der Waals surface area contributed by atoms with Crippen LogP contribution >= 0.6 is 11.3 Å². The van der Waals surface area contributed by atoms with Gasteiger partial charge in [0, 0.05) is 11.4 Å². The Morgan fingerprint density at radius 1 is 1.18 bits per heavy atom. The van der Waals surface area contributed by atoms with Crippen LogP contribution in [0.2, 0.25) is 0 Å². The average molecular weight is 257 g/mol. The average Bonchev–Trinajstić information content (AvgIpc) is 2.80. The van der Waals surface area contributed by atoms with E-state index in [2.05, 4.69) is 0 Å². The van der Waals surface area contributed by atoms with Crippen molar-refractivity contribution in [3.8, 4) is 10.4 Å². The molecule has 1 aromatic carbocycles. The van der Waals surface area contributed by atoms with Gasteiger partial charge in [-0.1, -0.05) is 6.07 Å². The molecule has 0 amide bonds. The Kier molecular flexibility index (Phi) is 3.22. The quantitative estimate of drug-likeness (QED) is 0.867. The van der Waals surface area contributed by atoms with Crippen LogP contribution < -0.4 is 5.73 Å². The molecule has 1 nitrogen and oxygen atoms in total. The van der Waals surface area contributed by atoms with Gasteiger partial charge < -0.3 is 5.73 Å². The van der Waals surface area contributed by atoms with Gasteiger partial charge in [-0.3, -0.25) is 0 Å². The van der Waals surface area contributed by atoms with E-state index in [1.807, 2.05) is 11.4 Å². The van der Waals surface area contributed by atoms with Crippen LogP contribution in [-0.2, 0) is 12.7 Å². The zero-order valence-electron chi connectivity index (χ0n) is 8.79. The second-order valence-corrected chi connectivity index (χ2v) is 4.55. The molecule has 17 heavy (non-hydrogen) atoms. The van der Waals surface area contributed by atoms with Crippen LogP contribution in [0.1, 0.15) is 11.1 Å². The van der Waals surface area contributed by atoms with E-state index in [0.717, 1.165) is 17.0 Å². The smallest absolute Gasteiger partial charge is 0.326 e. The normalized spacial score (nSPS) is 11.8. The first kappa shape index (κ1) is 12.1. The Morgan fingerprint density at radius 2 is 1.94 bits per heavy atom. The SMILES string of the molecule is NCc1cc(-c2cccs2)cc(C(F)(F)F)c1. The second kappa shape index (κ2) is 4.50. The van der Waals surface area contributed by atoms with Gasteiger partial charge in [0.05, 0.1) is 5.56 Å². The van der Waals surface area contributed by atoms with E-state index < -0.39 is 11.7 Å². The van der Waals surface area contributed by atoms with Gasteiger partial charge in [0.1, 0.15) is 0 Å². The number of nitrogens with two attached hydrogens (primary N) is 1. The predicted molar refractivity (Wildman–Crippen MR) is 62.6 cm³/mol. The van der Waals surface area contributed by atoms with Crippen LogP contribution in [-0.4, -0.2) is 0 Å². The lowest BCUT2D eigenvalue weighted by atomic mass is 10.0. The van der Waals surface area contributed by atoms with Crippen LogP contribution in [0, 0.1) is 0 Å². The Hall–Kier alpha value is -1.33. The highest BCUT2D eigenvalue weighted by Gasteiger charge is 2.31. The first-order valence-corrected chi connectivity index (χ1v) is 5.84. The lowest BCUT2D eigenvalue weighted by Gasteiger charge is -2.10. The van der Waals surface area contributed by atoms with Crippen molar-refractivity contribution in [1.29, 1.82) is 0 Å². The second-order valence-electron chi connectivity index (χ2n) is 3.60. The van der Waals surface area contributed by atoms with E-state index in [0.29, 0.717) is 11.1 Å². The zero-order chi connectivity index (χ0) is 12.5.